The van der Waals surface area contributed by atoms with E-state index in [1.807, 2.05) is 0 Å². The molecular formula is C12H22O. The number of fused-ring (bicyclic) bond motifs is 2. The van der Waals surface area contributed by atoms with Gasteiger partial charge in [0.05, 0.1) is 6.10 Å². The highest BCUT2D eigenvalue weighted by Crippen LogP contribution is 2.66. The van der Waals surface area contributed by atoms with Gasteiger partial charge in [-0.15, -0.1) is 0 Å². The Hall–Kier alpha value is -0.0400. The van der Waals surface area contributed by atoms with E-state index in [1.54, 1.807) is 0 Å². The second-order valence-electron chi connectivity index (χ2n) is 5.55. The van der Waals surface area contributed by atoms with Crippen molar-refractivity contribution in [3.8, 4) is 0 Å². The van der Waals surface area contributed by atoms with E-state index in [0.717, 1.165) is 12.5 Å². The summed E-state index contributed by atoms with van der Waals surface area (Å²) >= 11 is 0. The Balaban J connectivity index is 2.22. The highest BCUT2D eigenvalue weighted by atomic mass is 16.5. The molecule has 0 aliphatic heterocycles. The standard InChI is InChI=1S/C12H22O/c1-5-13-10-8-9-6-7-12(10,4)11(9,2)3/h9-10H,5-8H2,1-4H3/t9-,10-,12+/m1/s1. The van der Waals surface area contributed by atoms with E-state index in [2.05, 4.69) is 27.7 Å². The highest BCUT2D eigenvalue weighted by molar-refractivity contribution is 5.11. The van der Waals surface area contributed by atoms with Crippen LogP contribution in [0.5, 0.6) is 0 Å². The second kappa shape index (κ2) is 2.73. The maximum Gasteiger partial charge on any atom is 0.0636 e. The third-order valence-corrected chi connectivity index (χ3v) is 5.08. The van der Waals surface area contributed by atoms with Gasteiger partial charge in [0, 0.05) is 6.61 Å². The molecule has 0 aromatic heterocycles. The third-order valence-electron chi connectivity index (χ3n) is 5.08. The van der Waals surface area contributed by atoms with E-state index in [1.165, 1.54) is 19.3 Å². The molecule has 1 heteroatoms. The summed E-state index contributed by atoms with van der Waals surface area (Å²) in [5, 5.41) is 0. The molecule has 2 rings (SSSR count). The molecule has 2 saturated carbocycles. The zero-order chi connectivity index (χ0) is 9.69. The molecule has 0 aromatic carbocycles. The fourth-order valence-electron chi connectivity index (χ4n) is 3.58. The Morgan fingerprint density at radius 2 is 2.00 bits per heavy atom. The topological polar surface area (TPSA) is 9.23 Å². The maximum absolute atomic E-state index is 5.88. The third kappa shape index (κ3) is 1.03. The molecule has 13 heavy (non-hydrogen) atoms. The molecule has 2 aliphatic rings. The van der Waals surface area contributed by atoms with Gasteiger partial charge in [-0.1, -0.05) is 20.8 Å². The van der Waals surface area contributed by atoms with Crippen molar-refractivity contribution in [3.63, 3.8) is 0 Å². The van der Waals surface area contributed by atoms with E-state index in [-0.39, 0.29) is 0 Å². The van der Waals surface area contributed by atoms with Crippen LogP contribution in [0.25, 0.3) is 0 Å². The normalized spacial score (nSPS) is 47.1. The lowest BCUT2D eigenvalue weighted by molar-refractivity contribution is -0.0413. The molecule has 0 radical (unpaired) electrons. The largest absolute Gasteiger partial charge is 0.378 e. The summed E-state index contributed by atoms with van der Waals surface area (Å²) in [5.74, 6) is 0.911. The molecule has 2 bridgehead atoms. The van der Waals surface area contributed by atoms with E-state index in [4.69, 9.17) is 4.74 Å². The summed E-state index contributed by atoms with van der Waals surface area (Å²) in [6.45, 7) is 10.3. The Bertz CT molecular complexity index is 209. The Kier molecular flexibility index (Phi) is 1.99. The van der Waals surface area contributed by atoms with Crippen LogP contribution in [0.2, 0.25) is 0 Å². The lowest BCUT2D eigenvalue weighted by Gasteiger charge is -2.38. The van der Waals surface area contributed by atoms with Crippen LogP contribution in [0.3, 0.4) is 0 Å². The lowest BCUT2D eigenvalue weighted by atomic mass is 9.70. The van der Waals surface area contributed by atoms with Gasteiger partial charge in [0.1, 0.15) is 0 Å². The van der Waals surface area contributed by atoms with Crippen LogP contribution in [0.15, 0.2) is 0 Å². The van der Waals surface area contributed by atoms with Crippen LogP contribution >= 0.6 is 0 Å². The van der Waals surface area contributed by atoms with Crippen LogP contribution in [0, 0.1) is 16.7 Å². The van der Waals surface area contributed by atoms with Gasteiger partial charge in [0.2, 0.25) is 0 Å². The minimum absolute atomic E-state index is 0.452. The maximum atomic E-state index is 5.88. The predicted molar refractivity (Wildman–Crippen MR) is 54.6 cm³/mol. The number of hydrogen-bond donors (Lipinski definition) is 0. The fourth-order valence-corrected chi connectivity index (χ4v) is 3.58. The van der Waals surface area contributed by atoms with Crippen LogP contribution in [0.1, 0.15) is 47.0 Å². The van der Waals surface area contributed by atoms with Crippen molar-refractivity contribution < 1.29 is 4.74 Å². The summed E-state index contributed by atoms with van der Waals surface area (Å²) in [6.07, 6.45) is 4.63. The first kappa shape index (κ1) is 9.51. The first-order valence-corrected chi connectivity index (χ1v) is 5.64. The van der Waals surface area contributed by atoms with Crippen LogP contribution in [0.4, 0.5) is 0 Å². The molecule has 3 atom stereocenters. The summed E-state index contributed by atoms with van der Waals surface area (Å²) < 4.78 is 5.88. The van der Waals surface area contributed by atoms with Crippen LogP contribution in [-0.2, 0) is 4.74 Å². The molecule has 0 spiro atoms. The highest BCUT2D eigenvalue weighted by Gasteiger charge is 2.61. The van der Waals surface area contributed by atoms with Gasteiger partial charge in [0.25, 0.3) is 0 Å². The predicted octanol–water partition coefficient (Wildman–Crippen LogP) is 3.24. The number of ether oxygens (including phenoxy) is 1. The number of rotatable bonds is 2. The summed E-state index contributed by atoms with van der Waals surface area (Å²) in [6, 6.07) is 0. The zero-order valence-corrected chi connectivity index (χ0v) is 9.39. The van der Waals surface area contributed by atoms with E-state index >= 15 is 0 Å². The Morgan fingerprint density at radius 3 is 2.38 bits per heavy atom. The van der Waals surface area contributed by atoms with Crippen LogP contribution in [-0.4, -0.2) is 12.7 Å². The van der Waals surface area contributed by atoms with Gasteiger partial charge in [-0.05, 0) is 42.9 Å². The van der Waals surface area contributed by atoms with Gasteiger partial charge in [-0.3, -0.25) is 0 Å². The Labute approximate surface area is 81.9 Å². The Morgan fingerprint density at radius 1 is 1.31 bits per heavy atom. The van der Waals surface area contributed by atoms with Crippen molar-refractivity contribution in [2.45, 2.75) is 53.1 Å². The quantitative estimate of drug-likeness (QED) is 0.637. The zero-order valence-electron chi connectivity index (χ0n) is 9.39. The molecule has 0 amide bonds. The molecule has 2 aliphatic carbocycles. The van der Waals surface area contributed by atoms with Gasteiger partial charge in [0.15, 0.2) is 0 Å². The molecule has 76 valence electrons. The molecule has 0 saturated heterocycles. The van der Waals surface area contributed by atoms with E-state index in [0.29, 0.717) is 16.9 Å². The van der Waals surface area contributed by atoms with Crippen molar-refractivity contribution in [1.29, 1.82) is 0 Å². The van der Waals surface area contributed by atoms with Gasteiger partial charge < -0.3 is 4.74 Å². The minimum Gasteiger partial charge on any atom is -0.378 e. The second-order valence-corrected chi connectivity index (χ2v) is 5.55. The van der Waals surface area contributed by atoms with Crippen molar-refractivity contribution in [3.05, 3.63) is 0 Å². The monoisotopic (exact) mass is 182 g/mol. The smallest absolute Gasteiger partial charge is 0.0636 e. The molecule has 0 unspecified atom stereocenters. The molecular weight excluding hydrogens is 160 g/mol. The molecule has 1 nitrogen and oxygen atoms in total. The lowest BCUT2D eigenvalue weighted by Crippen LogP contribution is -2.37. The summed E-state index contributed by atoms with van der Waals surface area (Å²) in [5.41, 5.74) is 0.959. The van der Waals surface area contributed by atoms with Crippen LogP contribution < -0.4 is 0 Å². The van der Waals surface area contributed by atoms with Gasteiger partial charge >= 0.3 is 0 Å². The minimum atomic E-state index is 0.452. The molecule has 0 aromatic rings. The summed E-state index contributed by atoms with van der Waals surface area (Å²) in [4.78, 5) is 0. The molecule has 0 N–H and O–H groups in total. The molecule has 2 fully saturated rings. The average Bonchev–Trinajstić information content (AvgIpc) is 2.37. The van der Waals surface area contributed by atoms with Crippen molar-refractivity contribution in [2.75, 3.05) is 6.61 Å². The molecule has 0 heterocycles. The fraction of sp³-hybridized carbons (Fsp3) is 1.00. The first-order chi connectivity index (χ1) is 6.02. The number of hydrogen-bond acceptors (Lipinski definition) is 1. The average molecular weight is 182 g/mol. The first-order valence-electron chi connectivity index (χ1n) is 5.64. The van der Waals surface area contributed by atoms with E-state index < -0.39 is 0 Å². The van der Waals surface area contributed by atoms with Gasteiger partial charge in [-0.25, -0.2) is 0 Å². The van der Waals surface area contributed by atoms with Crippen molar-refractivity contribution in [2.24, 2.45) is 16.7 Å². The van der Waals surface area contributed by atoms with Crippen molar-refractivity contribution in [1.82, 2.24) is 0 Å². The SMILES string of the molecule is CCO[C@@H]1C[C@H]2CC[C@]1(C)C2(C)C. The van der Waals surface area contributed by atoms with Gasteiger partial charge in [-0.2, -0.15) is 0 Å². The van der Waals surface area contributed by atoms with E-state index in [9.17, 15) is 0 Å². The summed E-state index contributed by atoms with van der Waals surface area (Å²) in [7, 11) is 0. The van der Waals surface area contributed by atoms with Crippen molar-refractivity contribution >= 4 is 0 Å².